The molecule has 382 valence electrons. The number of hydrogen-bond donors (Lipinski definition) is 3. The molecule has 3 N–H and O–H groups in total. The van der Waals surface area contributed by atoms with Crippen molar-refractivity contribution in [1.82, 2.24) is 35.0 Å². The van der Waals surface area contributed by atoms with Crippen molar-refractivity contribution in [1.29, 1.82) is 0 Å². The van der Waals surface area contributed by atoms with Crippen molar-refractivity contribution in [2.45, 2.75) is 97.3 Å². The number of fused-ring (bicyclic) bond motifs is 1. The Morgan fingerprint density at radius 3 is 2.43 bits per heavy atom. The fourth-order valence-corrected chi connectivity index (χ4v) is 10.5. The molecule has 2 aliphatic heterocycles. The maximum Gasteiger partial charge on any atom is 0.255 e. The van der Waals surface area contributed by atoms with E-state index in [9.17, 15) is 19.2 Å². The lowest BCUT2D eigenvalue weighted by atomic mass is 9.84. The van der Waals surface area contributed by atoms with Crippen molar-refractivity contribution in [3.05, 3.63) is 105 Å². The first-order valence-corrected chi connectivity index (χ1v) is 26.8. The van der Waals surface area contributed by atoms with Crippen molar-refractivity contribution >= 4 is 68.3 Å². The van der Waals surface area contributed by atoms with Gasteiger partial charge in [0.15, 0.2) is 0 Å². The fourth-order valence-electron chi connectivity index (χ4n) is 9.32. The van der Waals surface area contributed by atoms with Crippen molar-refractivity contribution in [2.75, 3.05) is 63.7 Å². The lowest BCUT2D eigenvalue weighted by molar-refractivity contribution is -0.143. The highest BCUT2D eigenvalue weighted by Crippen LogP contribution is 2.34. The molecule has 0 spiro atoms. The van der Waals surface area contributed by atoms with Crippen LogP contribution in [0.1, 0.15) is 92.4 Å². The van der Waals surface area contributed by atoms with E-state index in [0.29, 0.717) is 101 Å². The molecule has 1 saturated heterocycles. The normalized spacial score (nSPS) is 15.8. The van der Waals surface area contributed by atoms with Gasteiger partial charge in [-0.1, -0.05) is 50.6 Å². The zero-order valence-electron chi connectivity index (χ0n) is 41.7. The number of benzene rings is 3. The van der Waals surface area contributed by atoms with E-state index >= 15 is 0 Å². The van der Waals surface area contributed by atoms with E-state index in [0.717, 1.165) is 68.9 Å². The van der Waals surface area contributed by atoms with Crippen molar-refractivity contribution < 1.29 is 33.4 Å². The van der Waals surface area contributed by atoms with Crippen LogP contribution in [-0.4, -0.2) is 118 Å². The number of anilines is 3. The van der Waals surface area contributed by atoms with Crippen LogP contribution < -0.4 is 25.4 Å². The third-order valence-electron chi connectivity index (χ3n) is 13.5. The van der Waals surface area contributed by atoms with Crippen LogP contribution >= 0.6 is 27.3 Å². The maximum atomic E-state index is 14.2. The summed E-state index contributed by atoms with van der Waals surface area (Å²) in [6.45, 7) is 10.3. The summed E-state index contributed by atoms with van der Waals surface area (Å²) < 4.78 is 19.0. The zero-order valence-corrected chi connectivity index (χ0v) is 44.1. The Labute approximate surface area is 434 Å². The summed E-state index contributed by atoms with van der Waals surface area (Å²) in [6, 6.07) is 19.8. The van der Waals surface area contributed by atoms with E-state index in [1.54, 1.807) is 27.3 Å². The first-order valence-electron chi connectivity index (χ1n) is 25.2. The Morgan fingerprint density at radius 2 is 1.71 bits per heavy atom. The number of aryl methyl sites for hydroxylation is 1. The van der Waals surface area contributed by atoms with Crippen LogP contribution in [0, 0.1) is 18.8 Å². The number of rotatable bonds is 25. The van der Waals surface area contributed by atoms with E-state index in [4.69, 9.17) is 14.2 Å². The summed E-state index contributed by atoms with van der Waals surface area (Å²) in [5, 5.41) is 9.71. The SMILES string of the molecule is Cc1ncsc1-c1ccc(CNC(=O)[C@@H]2CCCN2C(=O)C(C(C)C)N2Cc3ccccc3C2=O)c(OCCCOCCCOc2ccc(Nc3ncc(Br)c(NCCCN(C)C(=O)C4CCC4)n3)cc2)c1. The number of thiazole rings is 1. The van der Waals surface area contributed by atoms with Gasteiger partial charge in [0.1, 0.15) is 29.4 Å². The summed E-state index contributed by atoms with van der Waals surface area (Å²) >= 11 is 5.10. The Bertz CT molecular complexity index is 2660. The predicted octanol–water partition coefficient (Wildman–Crippen LogP) is 9.02. The Hall–Kier alpha value is -6.11. The van der Waals surface area contributed by atoms with Gasteiger partial charge in [-0.25, -0.2) is 9.97 Å². The standard InChI is InChI=1S/C54H66BrN9O7S/c1-35(2)47(64-33-40-12-5-6-15-43(40)52(64)67)53(68)63-25-8-16-45(63)50(65)57-31-39-18-17-38(48-36(3)59-34-72-48)30-46(39)71-29-11-27-69-26-10-28-70-42-21-19-41(20-22-42)60-54-58-32-44(55)49(61-54)56-23-9-24-62(4)51(66)37-13-7-14-37/h5-6,12,15,17-22,30,32,34-35,37,45,47H,7-11,13-14,16,23-29,31,33H2,1-4H3,(H,57,65)(H2,56,58,60,61)/t45-,47?/m0/s1. The van der Waals surface area contributed by atoms with Gasteiger partial charge in [0.2, 0.25) is 23.7 Å². The van der Waals surface area contributed by atoms with Gasteiger partial charge in [-0.05, 0) is 108 Å². The molecule has 0 bridgehead atoms. The number of amides is 4. The fraction of sp³-hybridized carbons (Fsp3) is 0.463. The number of nitrogens with zero attached hydrogens (tertiary/aromatic N) is 6. The molecule has 16 nitrogen and oxygen atoms in total. The largest absolute Gasteiger partial charge is 0.494 e. The molecule has 5 aromatic rings. The number of halogens is 1. The number of hydrogen-bond acceptors (Lipinski definition) is 13. The number of aromatic nitrogens is 3. The highest BCUT2D eigenvalue weighted by Gasteiger charge is 2.44. The lowest BCUT2D eigenvalue weighted by Crippen LogP contribution is -2.55. The zero-order chi connectivity index (χ0) is 50.6. The molecule has 2 fully saturated rings. The van der Waals surface area contributed by atoms with Crippen LogP contribution in [0.15, 0.2) is 82.9 Å². The van der Waals surface area contributed by atoms with Crippen LogP contribution in [0.2, 0.25) is 0 Å². The number of nitrogens with one attached hydrogen (secondary N) is 3. The Balaban J connectivity index is 0.754. The molecule has 0 radical (unpaired) electrons. The number of likely N-dealkylation sites (tertiary alicyclic amines) is 1. The van der Waals surface area contributed by atoms with Crippen LogP contribution in [0.25, 0.3) is 10.4 Å². The minimum Gasteiger partial charge on any atom is -0.494 e. The highest BCUT2D eigenvalue weighted by atomic mass is 79.9. The number of carbonyl (C=O) groups is 4. The molecule has 18 heteroatoms. The smallest absolute Gasteiger partial charge is 0.255 e. The van der Waals surface area contributed by atoms with E-state index < -0.39 is 12.1 Å². The average molecular weight is 1070 g/mol. The third-order valence-corrected chi connectivity index (χ3v) is 15.0. The molecule has 2 aromatic heterocycles. The monoisotopic (exact) mass is 1060 g/mol. The quantitative estimate of drug-likeness (QED) is 0.0473. The minimum atomic E-state index is -0.671. The summed E-state index contributed by atoms with van der Waals surface area (Å²) in [5.74, 6) is 2.32. The first-order chi connectivity index (χ1) is 34.9. The van der Waals surface area contributed by atoms with Crippen molar-refractivity contribution in [3.8, 4) is 21.9 Å². The van der Waals surface area contributed by atoms with Gasteiger partial charge in [0.05, 0.1) is 33.8 Å². The molecule has 72 heavy (non-hydrogen) atoms. The van der Waals surface area contributed by atoms with Gasteiger partial charge in [-0.2, -0.15) is 4.98 Å². The van der Waals surface area contributed by atoms with Crippen LogP contribution in [0.5, 0.6) is 11.5 Å². The first kappa shape index (κ1) is 52.2. The van der Waals surface area contributed by atoms with Gasteiger partial charge in [0.25, 0.3) is 5.91 Å². The van der Waals surface area contributed by atoms with Crippen LogP contribution in [0.3, 0.4) is 0 Å². The number of carbonyl (C=O) groups excluding carboxylic acids is 4. The molecule has 4 heterocycles. The second kappa shape index (κ2) is 25.0. The molecule has 1 saturated carbocycles. The third kappa shape index (κ3) is 13.1. The lowest BCUT2D eigenvalue weighted by Gasteiger charge is -2.35. The second-order valence-electron chi connectivity index (χ2n) is 19.0. The molecule has 4 amide bonds. The molecular formula is C54H66BrN9O7S. The molecule has 2 atom stereocenters. The summed E-state index contributed by atoms with van der Waals surface area (Å²) in [6.07, 6.45) is 8.32. The minimum absolute atomic E-state index is 0.135. The predicted molar refractivity (Wildman–Crippen MR) is 282 cm³/mol. The van der Waals surface area contributed by atoms with Crippen molar-refractivity contribution in [2.24, 2.45) is 11.8 Å². The molecule has 1 aliphatic carbocycles. The number of ether oxygens (including phenoxy) is 3. The molecule has 3 aliphatic rings. The van der Waals surface area contributed by atoms with E-state index in [1.807, 2.05) is 105 Å². The molecule has 3 aromatic carbocycles. The molecular weight excluding hydrogens is 999 g/mol. The molecule has 8 rings (SSSR count). The summed E-state index contributed by atoms with van der Waals surface area (Å²) in [5.41, 5.74) is 6.93. The van der Waals surface area contributed by atoms with Crippen LogP contribution in [0.4, 0.5) is 17.5 Å². The topological polar surface area (TPSA) is 180 Å². The van der Waals surface area contributed by atoms with E-state index in [-0.39, 0.29) is 42.0 Å². The Kier molecular flexibility index (Phi) is 18.1. The summed E-state index contributed by atoms with van der Waals surface area (Å²) in [7, 11) is 1.88. The average Bonchev–Trinajstić information content (AvgIpc) is 4.11. The van der Waals surface area contributed by atoms with Gasteiger partial charge in [-0.3, -0.25) is 19.2 Å². The van der Waals surface area contributed by atoms with Crippen LogP contribution in [-0.2, 0) is 32.2 Å². The second-order valence-corrected chi connectivity index (χ2v) is 20.7. The highest BCUT2D eigenvalue weighted by molar-refractivity contribution is 9.10. The van der Waals surface area contributed by atoms with Crippen molar-refractivity contribution in [3.63, 3.8) is 0 Å². The van der Waals surface area contributed by atoms with Gasteiger partial charge < -0.3 is 44.9 Å². The maximum absolute atomic E-state index is 14.2. The summed E-state index contributed by atoms with van der Waals surface area (Å²) in [4.78, 5) is 73.7. The van der Waals surface area contributed by atoms with Gasteiger partial charge in [-0.15, -0.1) is 11.3 Å². The molecule has 1 unspecified atom stereocenters. The van der Waals surface area contributed by atoms with E-state index in [1.165, 1.54) is 0 Å². The van der Waals surface area contributed by atoms with Gasteiger partial charge >= 0.3 is 0 Å². The van der Waals surface area contributed by atoms with Gasteiger partial charge in [0, 0.05) is 94.8 Å². The Morgan fingerprint density at radius 1 is 0.931 bits per heavy atom. The van der Waals surface area contributed by atoms with E-state index in [2.05, 4.69) is 46.8 Å².